The largest absolute Gasteiger partial charge is 0.456 e. The summed E-state index contributed by atoms with van der Waals surface area (Å²) in [4.78, 5) is 4.98. The molecule has 1 unspecified atom stereocenters. The Morgan fingerprint density at radius 2 is 1.09 bits per heavy atom. The van der Waals surface area contributed by atoms with Crippen LogP contribution in [0.15, 0.2) is 115 Å². The van der Waals surface area contributed by atoms with Crippen molar-refractivity contribution in [2.45, 2.75) is 5.66 Å². The molecule has 0 fully saturated rings. The van der Waals surface area contributed by atoms with Crippen molar-refractivity contribution in [3.05, 3.63) is 127 Å². The molecule has 3 aliphatic heterocycles. The fourth-order valence-electron chi connectivity index (χ4n) is 9.32. The van der Waals surface area contributed by atoms with E-state index in [9.17, 15) is 0 Å². The van der Waals surface area contributed by atoms with Crippen LogP contribution in [0.4, 0.5) is 0 Å². The van der Waals surface area contributed by atoms with Gasteiger partial charge in [-0.3, -0.25) is 4.98 Å². The molecular weight excluding hydrogens is 542 g/mol. The first-order valence-electron chi connectivity index (χ1n) is 15.1. The number of benzene rings is 5. The third-order valence-electron chi connectivity index (χ3n) is 10.6. The molecule has 0 saturated heterocycles. The minimum atomic E-state index is -0.690. The molecule has 6 heteroatoms. The van der Waals surface area contributed by atoms with Gasteiger partial charge < -0.3 is 4.74 Å². The summed E-state index contributed by atoms with van der Waals surface area (Å²) in [6.07, 6.45) is 1.91. The second-order valence-electron chi connectivity index (χ2n) is 12.4. The molecule has 1 atom stereocenters. The van der Waals surface area contributed by atoms with Crippen LogP contribution in [-0.4, -0.2) is 13.8 Å². The molecule has 5 aromatic heterocycles. The standard InChI is InChI=1S/C38H19N5O/c1-2-9-23-20(8-1)21-15-17-29-33-31(21)36-40(23)24-10-3-5-12-26(24)42(36)38(33)34-30(44-29)18-16-22-32(34)37-41(28-14-7-19-39-35(22)28)25-11-4-6-13-27(25)43(37)38/h1-19H/q+2. The lowest BCUT2D eigenvalue weighted by atomic mass is 9.85. The Morgan fingerprint density at radius 3 is 1.82 bits per heavy atom. The van der Waals surface area contributed by atoms with E-state index in [0.717, 1.165) is 27.9 Å². The zero-order valence-electron chi connectivity index (χ0n) is 23.1. The average molecular weight is 562 g/mol. The Labute approximate surface area is 247 Å². The summed E-state index contributed by atoms with van der Waals surface area (Å²) >= 11 is 0. The number of hydrogen-bond acceptors (Lipinski definition) is 2. The van der Waals surface area contributed by atoms with E-state index in [-0.39, 0.29) is 0 Å². The number of pyridine rings is 3. The maximum atomic E-state index is 6.93. The van der Waals surface area contributed by atoms with Gasteiger partial charge in [-0.25, -0.2) is 0 Å². The van der Waals surface area contributed by atoms with Gasteiger partial charge >= 0.3 is 17.0 Å². The first kappa shape index (κ1) is 20.8. The fourth-order valence-corrected chi connectivity index (χ4v) is 9.32. The van der Waals surface area contributed by atoms with E-state index < -0.39 is 5.66 Å². The topological polar surface area (TPSA) is 38.7 Å². The Hall–Kier alpha value is -6.01. The predicted molar refractivity (Wildman–Crippen MR) is 170 cm³/mol. The molecule has 3 aliphatic rings. The highest BCUT2D eigenvalue weighted by atomic mass is 16.5. The van der Waals surface area contributed by atoms with Crippen LogP contribution >= 0.6 is 0 Å². The van der Waals surface area contributed by atoms with Crippen LogP contribution in [0.5, 0.6) is 11.5 Å². The first-order valence-corrected chi connectivity index (χ1v) is 15.1. The van der Waals surface area contributed by atoms with Crippen LogP contribution in [0, 0.1) is 0 Å². The Morgan fingerprint density at radius 1 is 0.523 bits per heavy atom. The van der Waals surface area contributed by atoms with Gasteiger partial charge in [-0.15, -0.1) is 0 Å². The van der Waals surface area contributed by atoms with Crippen molar-refractivity contribution < 1.29 is 13.9 Å². The van der Waals surface area contributed by atoms with Gasteiger partial charge in [0.25, 0.3) is 0 Å². The summed E-state index contributed by atoms with van der Waals surface area (Å²) < 4.78 is 17.1. The van der Waals surface area contributed by atoms with Gasteiger partial charge in [0.15, 0.2) is 27.6 Å². The molecule has 0 saturated carbocycles. The maximum Gasteiger partial charge on any atom is 0.316 e. The van der Waals surface area contributed by atoms with Crippen LogP contribution in [0.3, 0.4) is 0 Å². The molecule has 0 bridgehead atoms. The third kappa shape index (κ3) is 1.81. The van der Waals surface area contributed by atoms with Crippen LogP contribution in [0.2, 0.25) is 0 Å². The molecule has 8 heterocycles. The Kier molecular flexibility index (Phi) is 2.99. The zero-order valence-corrected chi connectivity index (χ0v) is 23.1. The smallest absolute Gasteiger partial charge is 0.316 e. The molecule has 5 aromatic carbocycles. The van der Waals surface area contributed by atoms with E-state index >= 15 is 0 Å². The van der Waals surface area contributed by atoms with Crippen molar-refractivity contribution in [3.8, 4) is 11.5 Å². The van der Waals surface area contributed by atoms with Gasteiger partial charge in [0.2, 0.25) is 0 Å². The monoisotopic (exact) mass is 561 g/mol. The molecule has 0 aliphatic carbocycles. The van der Waals surface area contributed by atoms with Gasteiger partial charge in [-0.2, -0.15) is 17.9 Å². The number of imidazole rings is 2. The minimum Gasteiger partial charge on any atom is -0.456 e. The van der Waals surface area contributed by atoms with Crippen LogP contribution in [0.25, 0.3) is 76.8 Å². The summed E-state index contributed by atoms with van der Waals surface area (Å²) in [6, 6.07) is 39.6. The highest BCUT2D eigenvalue weighted by molar-refractivity contribution is 6.18. The number of fused-ring (bicyclic) bond motifs is 12. The predicted octanol–water partition coefficient (Wildman–Crippen LogP) is 7.11. The highest BCUT2D eigenvalue weighted by Crippen LogP contribution is 2.58. The zero-order chi connectivity index (χ0) is 28.1. The molecule has 0 radical (unpaired) electrons. The fraction of sp³-hybridized carbons (Fsp3) is 0.0263. The van der Waals surface area contributed by atoms with Gasteiger partial charge in [0.05, 0.1) is 10.8 Å². The number of rotatable bonds is 0. The van der Waals surface area contributed by atoms with Crippen molar-refractivity contribution >= 4 is 76.8 Å². The van der Waals surface area contributed by atoms with Crippen LogP contribution in [-0.2, 0) is 5.66 Å². The molecular formula is C38H19N5O+2. The second kappa shape index (κ2) is 6.33. The summed E-state index contributed by atoms with van der Waals surface area (Å²) in [5, 5.41) is 6.12. The molecule has 0 N–H and O–H groups in total. The van der Waals surface area contributed by atoms with Gasteiger partial charge in [-0.1, -0.05) is 42.5 Å². The second-order valence-corrected chi connectivity index (χ2v) is 12.4. The molecule has 13 rings (SSSR count). The summed E-state index contributed by atoms with van der Waals surface area (Å²) in [6.45, 7) is 0. The van der Waals surface area contributed by atoms with Crippen molar-refractivity contribution in [1.82, 2.24) is 13.8 Å². The lowest BCUT2D eigenvalue weighted by Gasteiger charge is -2.31. The lowest BCUT2D eigenvalue weighted by Crippen LogP contribution is -2.71. The number of para-hydroxylation sites is 5. The van der Waals surface area contributed by atoms with Gasteiger partial charge in [0.1, 0.15) is 33.7 Å². The lowest BCUT2D eigenvalue weighted by molar-refractivity contribution is -0.923. The minimum absolute atomic E-state index is 0.690. The molecule has 10 aromatic rings. The summed E-state index contributed by atoms with van der Waals surface area (Å²) in [7, 11) is 0. The summed E-state index contributed by atoms with van der Waals surface area (Å²) in [5.74, 6) is 1.82. The summed E-state index contributed by atoms with van der Waals surface area (Å²) in [5.41, 5.74) is 12.2. The van der Waals surface area contributed by atoms with Crippen LogP contribution < -0.4 is 13.9 Å². The third-order valence-corrected chi connectivity index (χ3v) is 10.6. The highest BCUT2D eigenvalue weighted by Gasteiger charge is 2.67. The number of nitrogens with zero attached hydrogens (tertiary/aromatic N) is 5. The van der Waals surface area contributed by atoms with E-state index in [2.05, 4.69) is 121 Å². The van der Waals surface area contributed by atoms with Gasteiger partial charge in [0, 0.05) is 22.4 Å². The molecule has 1 spiro atoms. The van der Waals surface area contributed by atoms with Crippen molar-refractivity contribution in [2.75, 3.05) is 0 Å². The normalized spacial score (nSPS) is 17.4. The SMILES string of the molecule is c1ccc2c(c1)c1ccc3c4c1c1n2c2ccccc2[n+]1C41c2c(ccc4c5ncccc5n5c6ccccc6[n+]1c5c24)O3. The quantitative estimate of drug-likeness (QED) is 0.146. The molecule has 200 valence electrons. The number of hydrogen-bond donors (Lipinski definition) is 0. The van der Waals surface area contributed by atoms with E-state index in [4.69, 9.17) is 9.72 Å². The Bertz CT molecular complexity index is 2880. The van der Waals surface area contributed by atoms with Crippen molar-refractivity contribution in [1.29, 1.82) is 0 Å². The van der Waals surface area contributed by atoms with E-state index in [1.807, 2.05) is 12.3 Å². The van der Waals surface area contributed by atoms with Crippen molar-refractivity contribution in [2.24, 2.45) is 0 Å². The number of ether oxygens (including phenoxy) is 1. The molecule has 0 amide bonds. The molecule has 6 nitrogen and oxygen atoms in total. The first-order chi connectivity index (χ1) is 21.9. The maximum absolute atomic E-state index is 6.93. The number of aromatic nitrogens is 5. The van der Waals surface area contributed by atoms with Crippen LogP contribution in [0.1, 0.15) is 11.1 Å². The van der Waals surface area contributed by atoms with E-state index in [1.54, 1.807) is 0 Å². The average Bonchev–Trinajstić information content (AvgIpc) is 3.79. The Balaban J connectivity index is 1.45. The van der Waals surface area contributed by atoms with Crippen molar-refractivity contribution in [3.63, 3.8) is 0 Å². The van der Waals surface area contributed by atoms with Gasteiger partial charge in [-0.05, 0) is 66.7 Å². The van der Waals surface area contributed by atoms with E-state index in [1.165, 1.54) is 71.5 Å². The molecule has 44 heavy (non-hydrogen) atoms. The van der Waals surface area contributed by atoms with E-state index in [0.29, 0.717) is 0 Å².